The van der Waals surface area contributed by atoms with Crippen molar-refractivity contribution in [1.82, 2.24) is 0 Å². The van der Waals surface area contributed by atoms with Crippen LogP contribution in [0.4, 0.5) is 5.00 Å². The van der Waals surface area contributed by atoms with Crippen molar-refractivity contribution in [2.75, 3.05) is 11.9 Å². The molecule has 150 valence electrons. The van der Waals surface area contributed by atoms with E-state index < -0.39 is 5.91 Å². The Morgan fingerprint density at radius 3 is 2.54 bits per heavy atom. The number of nitrogens with two attached hydrogens (primary N) is 1. The highest BCUT2D eigenvalue weighted by atomic mass is 32.1. The summed E-state index contributed by atoms with van der Waals surface area (Å²) in [4.78, 5) is 25.6. The Bertz CT molecular complexity index is 878. The third-order valence-electron chi connectivity index (χ3n) is 5.38. The van der Waals surface area contributed by atoms with E-state index in [-0.39, 0.29) is 17.9 Å². The van der Waals surface area contributed by atoms with E-state index in [2.05, 4.69) is 26.1 Å². The first kappa shape index (κ1) is 20.4. The number of amides is 2. The molecule has 0 saturated carbocycles. The van der Waals surface area contributed by atoms with Gasteiger partial charge in [-0.2, -0.15) is 0 Å². The number of primary amides is 1. The van der Waals surface area contributed by atoms with E-state index in [0.29, 0.717) is 22.2 Å². The number of thiophene rings is 1. The number of aryl methyl sites for hydroxylation is 1. The lowest BCUT2D eigenvalue weighted by atomic mass is 9.72. The van der Waals surface area contributed by atoms with Crippen molar-refractivity contribution in [3.05, 3.63) is 45.8 Å². The molecule has 1 aromatic heterocycles. The molecule has 1 atom stereocenters. The van der Waals surface area contributed by atoms with Crippen molar-refractivity contribution < 1.29 is 14.3 Å². The maximum absolute atomic E-state index is 12.4. The van der Waals surface area contributed by atoms with Gasteiger partial charge in [0.2, 0.25) is 0 Å². The zero-order valence-corrected chi connectivity index (χ0v) is 17.7. The van der Waals surface area contributed by atoms with E-state index in [0.717, 1.165) is 35.3 Å². The molecule has 0 bridgehead atoms. The minimum Gasteiger partial charge on any atom is -0.484 e. The highest BCUT2D eigenvalue weighted by molar-refractivity contribution is 7.17. The molecule has 3 rings (SSSR count). The largest absolute Gasteiger partial charge is 0.484 e. The zero-order valence-electron chi connectivity index (χ0n) is 16.9. The third-order valence-corrected chi connectivity index (χ3v) is 6.55. The summed E-state index contributed by atoms with van der Waals surface area (Å²) in [5.74, 6) is 0.401. The molecule has 1 aliphatic carbocycles. The summed E-state index contributed by atoms with van der Waals surface area (Å²) in [6.45, 7) is 8.61. The van der Waals surface area contributed by atoms with Gasteiger partial charge in [-0.3, -0.25) is 9.59 Å². The first-order chi connectivity index (χ1) is 13.1. The minimum absolute atomic E-state index is 0.117. The summed E-state index contributed by atoms with van der Waals surface area (Å²) >= 11 is 1.47. The highest BCUT2D eigenvalue weighted by Gasteiger charge is 2.33. The quantitative estimate of drug-likeness (QED) is 0.784. The summed E-state index contributed by atoms with van der Waals surface area (Å²) < 4.78 is 5.54. The van der Waals surface area contributed by atoms with Gasteiger partial charge in [0.05, 0.1) is 5.56 Å². The molecule has 0 aliphatic heterocycles. The number of hydrogen-bond donors (Lipinski definition) is 2. The number of carbonyl (C=O) groups is 2. The number of nitrogens with one attached hydrogen (secondary N) is 1. The lowest BCUT2D eigenvalue weighted by molar-refractivity contribution is -0.118. The van der Waals surface area contributed by atoms with Crippen molar-refractivity contribution in [2.24, 2.45) is 17.1 Å². The molecule has 0 radical (unpaired) electrons. The van der Waals surface area contributed by atoms with Gasteiger partial charge in [0, 0.05) is 4.88 Å². The van der Waals surface area contributed by atoms with Crippen LogP contribution < -0.4 is 15.8 Å². The smallest absolute Gasteiger partial charge is 0.262 e. The Labute approximate surface area is 170 Å². The lowest BCUT2D eigenvalue weighted by Gasteiger charge is -2.33. The Morgan fingerprint density at radius 1 is 1.25 bits per heavy atom. The fraction of sp³-hybridized carbons (Fsp3) is 0.455. The summed E-state index contributed by atoms with van der Waals surface area (Å²) in [6.07, 6.45) is 2.76. The summed E-state index contributed by atoms with van der Waals surface area (Å²) in [7, 11) is 0. The van der Waals surface area contributed by atoms with Gasteiger partial charge in [0.25, 0.3) is 11.8 Å². The van der Waals surface area contributed by atoms with Crippen molar-refractivity contribution >= 4 is 28.2 Å². The van der Waals surface area contributed by atoms with Crippen molar-refractivity contribution in [1.29, 1.82) is 0 Å². The molecule has 1 aromatic carbocycles. The number of anilines is 1. The van der Waals surface area contributed by atoms with E-state index in [1.165, 1.54) is 11.3 Å². The molecule has 0 unspecified atom stereocenters. The maximum atomic E-state index is 12.4. The maximum Gasteiger partial charge on any atom is 0.262 e. The SMILES string of the molecule is Cc1ccc(OCC(=O)Nc2sc3c(c2C(N)=O)CC[C@@H](C(C)(C)C)C3)cc1. The standard InChI is InChI=1S/C22H28N2O3S/c1-13-5-8-15(9-6-13)27-12-18(25)24-21-19(20(23)26)16-10-7-14(22(2,3)4)11-17(16)28-21/h5-6,8-9,14H,7,10-12H2,1-4H3,(H2,23,26)(H,24,25)/t14-/m1/s1. The number of carbonyl (C=O) groups excluding carboxylic acids is 2. The monoisotopic (exact) mass is 400 g/mol. The van der Waals surface area contributed by atoms with Gasteiger partial charge in [-0.25, -0.2) is 0 Å². The van der Waals surface area contributed by atoms with Crippen LogP contribution in [0, 0.1) is 18.3 Å². The Morgan fingerprint density at radius 2 is 1.93 bits per heavy atom. The van der Waals surface area contributed by atoms with Crippen LogP contribution >= 0.6 is 11.3 Å². The minimum atomic E-state index is -0.485. The number of benzene rings is 1. The van der Waals surface area contributed by atoms with Crippen LogP contribution in [-0.4, -0.2) is 18.4 Å². The molecule has 1 heterocycles. The molecule has 0 fully saturated rings. The van der Waals surface area contributed by atoms with Gasteiger partial charge in [0.15, 0.2) is 6.61 Å². The van der Waals surface area contributed by atoms with Gasteiger partial charge in [-0.05, 0) is 55.2 Å². The van der Waals surface area contributed by atoms with Crippen LogP contribution in [0.5, 0.6) is 5.75 Å². The average molecular weight is 401 g/mol. The first-order valence-corrected chi connectivity index (χ1v) is 10.4. The van der Waals surface area contributed by atoms with Gasteiger partial charge in [0.1, 0.15) is 10.8 Å². The molecule has 5 nitrogen and oxygen atoms in total. The summed E-state index contributed by atoms with van der Waals surface area (Å²) in [6, 6.07) is 7.51. The molecule has 2 aromatic rings. The second kappa shape index (κ2) is 7.95. The van der Waals surface area contributed by atoms with Gasteiger partial charge >= 0.3 is 0 Å². The first-order valence-electron chi connectivity index (χ1n) is 9.59. The zero-order chi connectivity index (χ0) is 20.5. The van der Waals surface area contributed by atoms with Gasteiger partial charge < -0.3 is 15.8 Å². The van der Waals surface area contributed by atoms with Crippen LogP contribution in [0.3, 0.4) is 0 Å². The van der Waals surface area contributed by atoms with Gasteiger partial charge in [-0.1, -0.05) is 38.5 Å². The number of fused-ring (bicyclic) bond motifs is 1. The average Bonchev–Trinajstić information content (AvgIpc) is 2.97. The van der Waals surface area contributed by atoms with Crippen LogP contribution in [0.15, 0.2) is 24.3 Å². The third kappa shape index (κ3) is 4.55. The van der Waals surface area contributed by atoms with E-state index in [4.69, 9.17) is 10.5 Å². The Hall–Kier alpha value is -2.34. The summed E-state index contributed by atoms with van der Waals surface area (Å²) in [5.41, 5.74) is 8.45. The molecule has 3 N–H and O–H groups in total. The highest BCUT2D eigenvalue weighted by Crippen LogP contribution is 2.44. The number of hydrogen-bond acceptors (Lipinski definition) is 4. The molecule has 2 amide bonds. The Kier molecular flexibility index (Phi) is 5.79. The van der Waals surface area contributed by atoms with E-state index >= 15 is 0 Å². The molecule has 1 aliphatic rings. The van der Waals surface area contributed by atoms with Crippen molar-refractivity contribution in [3.8, 4) is 5.75 Å². The van der Waals surface area contributed by atoms with Crippen LogP contribution in [0.25, 0.3) is 0 Å². The molecular formula is C22H28N2O3S. The van der Waals surface area contributed by atoms with Crippen molar-refractivity contribution in [2.45, 2.75) is 47.0 Å². The van der Waals surface area contributed by atoms with E-state index in [1.54, 1.807) is 0 Å². The fourth-order valence-corrected chi connectivity index (χ4v) is 4.97. The van der Waals surface area contributed by atoms with Crippen LogP contribution in [0.2, 0.25) is 0 Å². The fourth-order valence-electron chi connectivity index (χ4n) is 3.62. The molecule has 0 spiro atoms. The molecule has 28 heavy (non-hydrogen) atoms. The summed E-state index contributed by atoms with van der Waals surface area (Å²) in [5, 5.41) is 3.38. The molecule has 6 heteroatoms. The lowest BCUT2D eigenvalue weighted by Crippen LogP contribution is -2.27. The normalized spacial score (nSPS) is 16.4. The second-order valence-corrected chi connectivity index (χ2v) is 9.63. The van der Waals surface area contributed by atoms with E-state index in [9.17, 15) is 9.59 Å². The molecular weight excluding hydrogens is 372 g/mol. The Balaban J connectivity index is 1.73. The van der Waals surface area contributed by atoms with Crippen molar-refractivity contribution in [3.63, 3.8) is 0 Å². The number of ether oxygens (including phenoxy) is 1. The van der Waals surface area contributed by atoms with E-state index in [1.807, 2.05) is 31.2 Å². The number of rotatable bonds is 5. The topological polar surface area (TPSA) is 81.4 Å². The van der Waals surface area contributed by atoms with Gasteiger partial charge in [-0.15, -0.1) is 11.3 Å². The van der Waals surface area contributed by atoms with Crippen LogP contribution in [0.1, 0.15) is 53.6 Å². The predicted octanol–water partition coefficient (Wildman–Crippen LogP) is 4.32. The molecule has 0 saturated heterocycles. The van der Waals surface area contributed by atoms with Crippen LogP contribution in [-0.2, 0) is 17.6 Å². The predicted molar refractivity (Wildman–Crippen MR) is 113 cm³/mol. The second-order valence-electron chi connectivity index (χ2n) is 8.53.